The second kappa shape index (κ2) is 8.08. The number of hydrogen-bond acceptors (Lipinski definition) is 5. The van der Waals surface area contributed by atoms with Gasteiger partial charge in [-0.15, -0.1) is 0 Å². The number of carbonyl (C=O) groups is 1. The summed E-state index contributed by atoms with van der Waals surface area (Å²) in [7, 11) is -3.82. The van der Waals surface area contributed by atoms with E-state index in [1.54, 1.807) is 38.1 Å². The summed E-state index contributed by atoms with van der Waals surface area (Å²) in [5.74, 6) is -0.120. The van der Waals surface area contributed by atoms with Crippen LogP contribution in [0.15, 0.2) is 51.9 Å². The number of nitrogens with zero attached hydrogens (tertiary/aromatic N) is 1. The largest absolute Gasteiger partial charge is 0.337 e. The van der Waals surface area contributed by atoms with Crippen LogP contribution in [0.25, 0.3) is 11.1 Å². The summed E-state index contributed by atoms with van der Waals surface area (Å²) in [6.07, 6.45) is 0.808. The predicted molar refractivity (Wildman–Crippen MR) is 112 cm³/mol. The van der Waals surface area contributed by atoms with E-state index in [0.717, 1.165) is 12.0 Å². The van der Waals surface area contributed by atoms with Crippen LogP contribution in [0.2, 0.25) is 0 Å². The molecule has 2 N–H and O–H groups in total. The van der Waals surface area contributed by atoms with E-state index in [-0.39, 0.29) is 16.7 Å². The third-order valence-corrected chi connectivity index (χ3v) is 6.03. The molecule has 8 heteroatoms. The Hall–Kier alpha value is -3.13. The minimum Gasteiger partial charge on any atom is -0.337 e. The van der Waals surface area contributed by atoms with Crippen LogP contribution in [0, 0.1) is 13.8 Å². The summed E-state index contributed by atoms with van der Waals surface area (Å²) < 4.78 is 34.0. The van der Waals surface area contributed by atoms with Gasteiger partial charge in [-0.25, -0.2) is 8.42 Å². The van der Waals surface area contributed by atoms with Crippen LogP contribution in [0.1, 0.15) is 30.7 Å². The second-order valence-electron chi connectivity index (χ2n) is 6.79. The Kier molecular flexibility index (Phi) is 5.74. The molecule has 0 unspecified atom stereocenters. The molecular weight excluding hydrogens is 390 g/mol. The Morgan fingerprint density at radius 3 is 2.59 bits per heavy atom. The Balaban J connectivity index is 2.03. The van der Waals surface area contributed by atoms with E-state index in [0.29, 0.717) is 28.1 Å². The fourth-order valence-electron chi connectivity index (χ4n) is 3.06. The molecule has 0 aliphatic carbocycles. The smallest absolute Gasteiger partial charge is 0.262 e. The number of aryl methyl sites for hydroxylation is 3. The van der Waals surface area contributed by atoms with Crippen LogP contribution in [-0.4, -0.2) is 19.5 Å². The van der Waals surface area contributed by atoms with Crippen molar-refractivity contribution >= 4 is 27.5 Å². The molecule has 0 aliphatic heterocycles. The lowest BCUT2D eigenvalue weighted by Crippen LogP contribution is -2.14. The number of carbonyl (C=O) groups excluding carboxylic acids is 1. The highest BCUT2D eigenvalue weighted by Gasteiger charge is 2.22. The van der Waals surface area contributed by atoms with Crippen LogP contribution < -0.4 is 10.0 Å². The van der Waals surface area contributed by atoms with Crippen molar-refractivity contribution < 1.29 is 17.7 Å². The van der Waals surface area contributed by atoms with Gasteiger partial charge in [-0.1, -0.05) is 36.3 Å². The Labute approximate surface area is 170 Å². The first kappa shape index (κ1) is 20.6. The van der Waals surface area contributed by atoms with Crippen molar-refractivity contribution in [3.05, 3.63) is 59.3 Å². The van der Waals surface area contributed by atoms with E-state index in [2.05, 4.69) is 15.2 Å². The highest BCUT2D eigenvalue weighted by Crippen LogP contribution is 2.34. The van der Waals surface area contributed by atoms with Gasteiger partial charge in [-0.3, -0.25) is 14.8 Å². The van der Waals surface area contributed by atoms with Gasteiger partial charge in [0.2, 0.25) is 11.8 Å². The molecule has 3 rings (SSSR count). The third-order valence-electron chi connectivity index (χ3n) is 4.51. The van der Waals surface area contributed by atoms with Gasteiger partial charge in [0.25, 0.3) is 10.0 Å². The maximum Gasteiger partial charge on any atom is 0.262 e. The zero-order valence-electron chi connectivity index (χ0n) is 16.7. The van der Waals surface area contributed by atoms with Crippen molar-refractivity contribution in [2.75, 3.05) is 10.0 Å². The molecule has 0 spiro atoms. The average Bonchev–Trinajstić information content (AvgIpc) is 3.01. The maximum atomic E-state index is 13.1. The van der Waals surface area contributed by atoms with E-state index in [9.17, 15) is 13.2 Å². The van der Waals surface area contributed by atoms with Crippen LogP contribution in [0.3, 0.4) is 0 Å². The summed E-state index contributed by atoms with van der Waals surface area (Å²) in [6, 6.07) is 12.4. The van der Waals surface area contributed by atoms with Crippen LogP contribution in [-0.2, 0) is 21.2 Å². The minimum atomic E-state index is -3.82. The quantitative estimate of drug-likeness (QED) is 0.628. The molecular formula is C21H23N3O4S. The van der Waals surface area contributed by atoms with E-state index in [4.69, 9.17) is 4.52 Å². The molecule has 1 amide bonds. The molecule has 29 heavy (non-hydrogen) atoms. The van der Waals surface area contributed by atoms with E-state index >= 15 is 0 Å². The molecule has 0 radical (unpaired) electrons. The monoisotopic (exact) mass is 413 g/mol. The first-order valence-electron chi connectivity index (χ1n) is 9.18. The maximum absolute atomic E-state index is 13.1. The number of benzene rings is 2. The summed E-state index contributed by atoms with van der Waals surface area (Å²) in [5, 5.41) is 6.48. The lowest BCUT2D eigenvalue weighted by molar-refractivity contribution is -0.114. The molecule has 0 aliphatic rings. The fourth-order valence-corrected chi connectivity index (χ4v) is 4.39. The topological polar surface area (TPSA) is 101 Å². The minimum absolute atomic E-state index is 0.145. The molecule has 152 valence electrons. The highest BCUT2D eigenvalue weighted by atomic mass is 32.2. The van der Waals surface area contributed by atoms with Crippen LogP contribution in [0.5, 0.6) is 0 Å². The summed E-state index contributed by atoms with van der Waals surface area (Å²) in [6.45, 7) is 6.83. The molecule has 0 atom stereocenters. The van der Waals surface area contributed by atoms with Crippen molar-refractivity contribution in [2.45, 2.75) is 39.0 Å². The molecule has 0 saturated heterocycles. The summed E-state index contributed by atoms with van der Waals surface area (Å²) in [4.78, 5) is 11.6. The summed E-state index contributed by atoms with van der Waals surface area (Å²) >= 11 is 0. The Morgan fingerprint density at radius 2 is 1.90 bits per heavy atom. The van der Waals surface area contributed by atoms with Crippen LogP contribution in [0.4, 0.5) is 11.6 Å². The van der Waals surface area contributed by atoms with Gasteiger partial charge < -0.3 is 4.52 Å². The van der Waals surface area contributed by atoms with Gasteiger partial charge in [0, 0.05) is 12.6 Å². The SMILES string of the molecule is CCc1cccc(NS(=O)(=O)c2cc(-c3c(C)noc3NC(C)=O)ccc2C)c1. The molecule has 7 nitrogen and oxygen atoms in total. The van der Waals surface area contributed by atoms with Gasteiger partial charge in [0.1, 0.15) is 0 Å². The number of aromatic nitrogens is 1. The lowest BCUT2D eigenvalue weighted by Gasteiger charge is -2.13. The van der Waals surface area contributed by atoms with Gasteiger partial charge >= 0.3 is 0 Å². The van der Waals surface area contributed by atoms with Crippen molar-refractivity contribution in [3.8, 4) is 11.1 Å². The number of sulfonamides is 1. The van der Waals surface area contributed by atoms with E-state index in [1.165, 1.54) is 6.92 Å². The molecule has 0 fully saturated rings. The number of rotatable bonds is 6. The van der Waals surface area contributed by atoms with Crippen molar-refractivity contribution in [1.82, 2.24) is 5.16 Å². The van der Waals surface area contributed by atoms with Crippen molar-refractivity contribution in [1.29, 1.82) is 0 Å². The third kappa shape index (κ3) is 4.48. The lowest BCUT2D eigenvalue weighted by atomic mass is 10.0. The highest BCUT2D eigenvalue weighted by molar-refractivity contribution is 7.92. The Morgan fingerprint density at radius 1 is 1.14 bits per heavy atom. The number of nitrogens with one attached hydrogen (secondary N) is 2. The zero-order valence-corrected chi connectivity index (χ0v) is 17.6. The average molecular weight is 413 g/mol. The normalized spacial score (nSPS) is 11.3. The Bertz CT molecular complexity index is 1170. The predicted octanol–water partition coefficient (Wildman–Crippen LogP) is 4.28. The first-order chi connectivity index (χ1) is 13.7. The zero-order chi connectivity index (χ0) is 21.2. The number of anilines is 2. The molecule has 0 bridgehead atoms. The van der Waals surface area contributed by atoms with Gasteiger partial charge in [-0.2, -0.15) is 0 Å². The standard InChI is InChI=1S/C21H23N3O4S/c1-5-16-7-6-8-18(11-16)24-29(26,27)19-12-17(10-9-13(19)2)20-14(3)23-28-21(20)22-15(4)25/h6-12,24H,5H2,1-4H3,(H,22,25). The van der Waals surface area contributed by atoms with Gasteiger partial charge in [-0.05, 0) is 55.2 Å². The fraction of sp³-hybridized carbons (Fsp3) is 0.238. The van der Waals surface area contributed by atoms with Gasteiger partial charge in [0.15, 0.2) is 0 Å². The molecule has 1 heterocycles. The van der Waals surface area contributed by atoms with Crippen LogP contribution >= 0.6 is 0 Å². The number of amides is 1. The van der Waals surface area contributed by atoms with Gasteiger partial charge in [0.05, 0.1) is 16.2 Å². The molecule has 3 aromatic rings. The van der Waals surface area contributed by atoms with Crippen molar-refractivity contribution in [3.63, 3.8) is 0 Å². The summed E-state index contributed by atoms with van der Waals surface area (Å²) in [5.41, 5.74) is 3.82. The van der Waals surface area contributed by atoms with E-state index in [1.807, 2.05) is 25.1 Å². The molecule has 2 aromatic carbocycles. The first-order valence-corrected chi connectivity index (χ1v) is 10.7. The van der Waals surface area contributed by atoms with E-state index < -0.39 is 10.0 Å². The van der Waals surface area contributed by atoms with Crippen molar-refractivity contribution in [2.24, 2.45) is 0 Å². The number of hydrogen-bond donors (Lipinski definition) is 2. The second-order valence-corrected chi connectivity index (χ2v) is 8.44. The molecule has 1 aromatic heterocycles. The molecule has 0 saturated carbocycles.